The highest BCUT2D eigenvalue weighted by Crippen LogP contribution is 1.99. The lowest BCUT2D eigenvalue weighted by molar-refractivity contribution is 0.533. The molecule has 1 rings (SSSR count). The Labute approximate surface area is 54.9 Å². The van der Waals surface area contributed by atoms with Crippen molar-refractivity contribution in [3.63, 3.8) is 0 Å². The predicted molar refractivity (Wildman–Crippen MR) is 38.0 cm³/mol. The summed E-state index contributed by atoms with van der Waals surface area (Å²) in [6.07, 6.45) is 1.70. The molecule has 0 bridgehead atoms. The Morgan fingerprint density at radius 1 is 1.78 bits per heavy atom. The van der Waals surface area contributed by atoms with Crippen molar-refractivity contribution in [3.05, 3.63) is 11.9 Å². The number of nitrogens with two attached hydrogens (primary N) is 1. The third kappa shape index (κ3) is 1.22. The van der Waals surface area contributed by atoms with Crippen LogP contribution in [0.1, 0.15) is 6.92 Å². The van der Waals surface area contributed by atoms with Crippen LogP contribution in [0.5, 0.6) is 0 Å². The minimum absolute atomic E-state index is 0.801. The number of hydrogen-bond donors (Lipinski definition) is 1. The van der Waals surface area contributed by atoms with Crippen LogP contribution >= 0.6 is 0 Å². The number of nitrogens with zero attached hydrogens (tertiary/aromatic N) is 2. The highest BCUT2D eigenvalue weighted by molar-refractivity contribution is 5.81. The smallest absolute Gasteiger partial charge is 0.101 e. The van der Waals surface area contributed by atoms with E-state index in [0.29, 0.717) is 0 Å². The van der Waals surface area contributed by atoms with E-state index in [1.54, 1.807) is 6.20 Å². The largest absolute Gasteiger partial charge is 0.399 e. The van der Waals surface area contributed by atoms with Gasteiger partial charge in [-0.3, -0.25) is 0 Å². The Balaban J connectivity index is 2.74. The molecule has 0 atom stereocenters. The van der Waals surface area contributed by atoms with E-state index in [1.165, 1.54) is 0 Å². The molecule has 0 spiro atoms. The van der Waals surface area contributed by atoms with E-state index in [9.17, 15) is 0 Å². The molecule has 3 heteroatoms. The molecule has 0 aromatic rings. The number of hydrogen-bond acceptors (Lipinski definition) is 3. The monoisotopic (exact) mass is 125 g/mol. The summed E-state index contributed by atoms with van der Waals surface area (Å²) in [7, 11) is 1.97. The molecule has 50 valence electrons. The predicted octanol–water partition coefficient (Wildman–Crippen LogP) is 0.150. The van der Waals surface area contributed by atoms with E-state index >= 15 is 0 Å². The Kier molecular flexibility index (Phi) is 1.42. The van der Waals surface area contributed by atoms with Gasteiger partial charge in [0.1, 0.15) is 5.84 Å². The van der Waals surface area contributed by atoms with Crippen molar-refractivity contribution >= 4 is 5.84 Å². The van der Waals surface area contributed by atoms with Crippen LogP contribution in [0.25, 0.3) is 0 Å². The fourth-order valence-corrected chi connectivity index (χ4v) is 0.704. The van der Waals surface area contributed by atoms with Gasteiger partial charge in [-0.25, -0.2) is 4.99 Å². The molecule has 1 heterocycles. The lowest BCUT2D eigenvalue weighted by Gasteiger charge is -2.21. The standard InChI is InChI=1S/C6H11N3/c1-5-8-3-6(7)4-9(5)2/h3H,4,7H2,1-2H3. The molecule has 0 amide bonds. The van der Waals surface area contributed by atoms with Crippen molar-refractivity contribution in [1.82, 2.24) is 4.90 Å². The lowest BCUT2D eigenvalue weighted by atomic mass is 10.4. The van der Waals surface area contributed by atoms with E-state index in [0.717, 1.165) is 18.1 Å². The van der Waals surface area contributed by atoms with Crippen LogP contribution in [0.3, 0.4) is 0 Å². The molecule has 1 aliphatic rings. The highest BCUT2D eigenvalue weighted by Gasteiger charge is 2.04. The van der Waals surface area contributed by atoms with Gasteiger partial charge >= 0.3 is 0 Å². The van der Waals surface area contributed by atoms with Gasteiger partial charge in [0.2, 0.25) is 0 Å². The van der Waals surface area contributed by atoms with Crippen molar-refractivity contribution in [2.45, 2.75) is 6.92 Å². The van der Waals surface area contributed by atoms with Crippen molar-refractivity contribution in [2.75, 3.05) is 13.6 Å². The summed E-state index contributed by atoms with van der Waals surface area (Å²) in [4.78, 5) is 6.06. The summed E-state index contributed by atoms with van der Waals surface area (Å²) in [5.74, 6) is 1.02. The van der Waals surface area contributed by atoms with Crippen molar-refractivity contribution < 1.29 is 0 Å². The Hall–Kier alpha value is -0.990. The average molecular weight is 125 g/mol. The van der Waals surface area contributed by atoms with Crippen LogP contribution in [-0.2, 0) is 0 Å². The van der Waals surface area contributed by atoms with Gasteiger partial charge < -0.3 is 10.6 Å². The SMILES string of the molecule is CC1=NC=C(N)CN1C. The normalized spacial score (nSPS) is 19.1. The highest BCUT2D eigenvalue weighted by atomic mass is 15.2. The second-order valence-corrected chi connectivity index (χ2v) is 2.24. The maximum atomic E-state index is 5.50. The summed E-state index contributed by atoms with van der Waals surface area (Å²) in [5.41, 5.74) is 6.32. The fourth-order valence-electron chi connectivity index (χ4n) is 0.704. The lowest BCUT2D eigenvalue weighted by Crippen LogP contribution is -2.30. The molecule has 3 nitrogen and oxygen atoms in total. The average Bonchev–Trinajstić information content (AvgIpc) is 1.80. The Morgan fingerprint density at radius 2 is 2.44 bits per heavy atom. The maximum Gasteiger partial charge on any atom is 0.101 e. The van der Waals surface area contributed by atoms with E-state index in [2.05, 4.69) is 4.99 Å². The summed E-state index contributed by atoms with van der Waals surface area (Å²) in [6.45, 7) is 2.76. The van der Waals surface area contributed by atoms with Gasteiger partial charge in [0.25, 0.3) is 0 Å². The van der Waals surface area contributed by atoms with Crippen LogP contribution in [-0.4, -0.2) is 24.3 Å². The number of rotatable bonds is 0. The third-order valence-electron chi connectivity index (χ3n) is 1.39. The van der Waals surface area contributed by atoms with Gasteiger partial charge in [-0.2, -0.15) is 0 Å². The molecule has 0 aromatic carbocycles. The van der Waals surface area contributed by atoms with Crippen LogP contribution in [0.2, 0.25) is 0 Å². The number of likely N-dealkylation sites (N-methyl/N-ethyl adjacent to an activating group) is 1. The van der Waals surface area contributed by atoms with Crippen molar-refractivity contribution in [2.24, 2.45) is 10.7 Å². The van der Waals surface area contributed by atoms with E-state index in [-0.39, 0.29) is 0 Å². The molecular formula is C6H11N3. The quantitative estimate of drug-likeness (QED) is 0.500. The van der Waals surface area contributed by atoms with Crippen LogP contribution < -0.4 is 5.73 Å². The van der Waals surface area contributed by atoms with Crippen LogP contribution in [0, 0.1) is 0 Å². The van der Waals surface area contributed by atoms with Gasteiger partial charge in [0.15, 0.2) is 0 Å². The van der Waals surface area contributed by atoms with Gasteiger partial charge in [0.05, 0.1) is 6.54 Å². The minimum atomic E-state index is 0.801. The molecule has 1 aliphatic heterocycles. The topological polar surface area (TPSA) is 41.6 Å². The maximum absolute atomic E-state index is 5.50. The van der Waals surface area contributed by atoms with Gasteiger partial charge in [-0.1, -0.05) is 0 Å². The number of aliphatic imine (C=N–C) groups is 1. The molecule has 0 saturated carbocycles. The first kappa shape index (κ1) is 6.13. The molecule has 0 unspecified atom stereocenters. The Morgan fingerprint density at radius 3 is 2.89 bits per heavy atom. The molecule has 2 N–H and O–H groups in total. The van der Waals surface area contributed by atoms with Crippen molar-refractivity contribution in [3.8, 4) is 0 Å². The van der Waals surface area contributed by atoms with E-state index in [1.807, 2.05) is 18.9 Å². The van der Waals surface area contributed by atoms with Crippen molar-refractivity contribution in [1.29, 1.82) is 0 Å². The molecule has 0 radical (unpaired) electrons. The first-order valence-electron chi connectivity index (χ1n) is 2.90. The zero-order valence-electron chi connectivity index (χ0n) is 5.76. The molecule has 0 aliphatic carbocycles. The zero-order chi connectivity index (χ0) is 6.85. The van der Waals surface area contributed by atoms with Gasteiger partial charge in [-0.05, 0) is 6.92 Å². The van der Waals surface area contributed by atoms with Gasteiger partial charge in [0, 0.05) is 18.9 Å². The zero-order valence-corrected chi connectivity index (χ0v) is 5.76. The molecule has 0 aromatic heterocycles. The molecular weight excluding hydrogens is 114 g/mol. The third-order valence-corrected chi connectivity index (χ3v) is 1.39. The second-order valence-electron chi connectivity index (χ2n) is 2.24. The summed E-state index contributed by atoms with van der Waals surface area (Å²) >= 11 is 0. The van der Waals surface area contributed by atoms with Crippen LogP contribution in [0.4, 0.5) is 0 Å². The second kappa shape index (κ2) is 2.09. The van der Waals surface area contributed by atoms with E-state index in [4.69, 9.17) is 5.73 Å². The Bertz CT molecular complexity index is 169. The van der Waals surface area contributed by atoms with Gasteiger partial charge in [-0.15, -0.1) is 0 Å². The summed E-state index contributed by atoms with van der Waals surface area (Å²) in [6, 6.07) is 0. The summed E-state index contributed by atoms with van der Waals surface area (Å²) < 4.78 is 0. The molecule has 0 fully saturated rings. The fraction of sp³-hybridized carbons (Fsp3) is 0.500. The number of amidine groups is 1. The minimum Gasteiger partial charge on any atom is -0.399 e. The summed E-state index contributed by atoms with van der Waals surface area (Å²) in [5, 5.41) is 0. The van der Waals surface area contributed by atoms with E-state index < -0.39 is 0 Å². The molecule has 0 saturated heterocycles. The first-order valence-corrected chi connectivity index (χ1v) is 2.90. The molecule has 9 heavy (non-hydrogen) atoms. The first-order chi connectivity index (χ1) is 4.20. The van der Waals surface area contributed by atoms with Crippen LogP contribution in [0.15, 0.2) is 16.9 Å².